The van der Waals surface area contributed by atoms with Crippen LogP contribution in [0.4, 0.5) is 5.69 Å². The van der Waals surface area contributed by atoms with Gasteiger partial charge in [0.25, 0.3) is 10.0 Å². The number of nitrogens with zero attached hydrogens (tertiary/aromatic N) is 1. The third-order valence-corrected chi connectivity index (χ3v) is 9.63. The van der Waals surface area contributed by atoms with Gasteiger partial charge in [0, 0.05) is 5.54 Å². The van der Waals surface area contributed by atoms with E-state index in [9.17, 15) is 13.2 Å². The first kappa shape index (κ1) is 21.5. The number of nitrogens with one attached hydrogen (secondary N) is 1. The van der Waals surface area contributed by atoms with Gasteiger partial charge in [-0.3, -0.25) is 9.10 Å². The van der Waals surface area contributed by atoms with E-state index in [1.165, 1.54) is 23.6 Å². The van der Waals surface area contributed by atoms with E-state index >= 15 is 0 Å². The Kier molecular flexibility index (Phi) is 5.31. The predicted molar refractivity (Wildman–Crippen MR) is 126 cm³/mol. The monoisotopic (exact) mass is 452 g/mol. The van der Waals surface area contributed by atoms with Crippen LogP contribution in [0.15, 0.2) is 53.4 Å². The van der Waals surface area contributed by atoms with Gasteiger partial charge >= 0.3 is 0 Å². The quantitative estimate of drug-likeness (QED) is 0.697. The summed E-state index contributed by atoms with van der Waals surface area (Å²) in [5.74, 6) is 1.94. The molecular weight excluding hydrogens is 420 g/mol. The van der Waals surface area contributed by atoms with Crippen LogP contribution in [-0.2, 0) is 14.8 Å². The fraction of sp³-hybridized carbons (Fsp3) is 0.500. The number of amides is 1. The summed E-state index contributed by atoms with van der Waals surface area (Å²) in [6.07, 6.45) is 7.02. The summed E-state index contributed by atoms with van der Waals surface area (Å²) in [6, 6.07) is 13.9. The molecule has 2 aromatic carbocycles. The fourth-order valence-electron chi connectivity index (χ4n) is 6.64. The minimum atomic E-state index is -3.87. The number of rotatable bonds is 6. The molecule has 4 fully saturated rings. The van der Waals surface area contributed by atoms with Gasteiger partial charge in [-0.05, 0) is 106 Å². The van der Waals surface area contributed by atoms with Crippen molar-refractivity contribution < 1.29 is 13.2 Å². The second-order valence-corrected chi connectivity index (χ2v) is 12.2. The number of hydrogen-bond acceptors (Lipinski definition) is 3. The third kappa shape index (κ3) is 3.94. The maximum atomic E-state index is 13.6. The first-order chi connectivity index (χ1) is 15.2. The molecule has 1 N–H and O–H groups in total. The van der Waals surface area contributed by atoms with E-state index in [-0.39, 0.29) is 22.9 Å². The third-order valence-electron chi connectivity index (χ3n) is 7.84. The normalized spacial score (nSPS) is 28.5. The lowest BCUT2D eigenvalue weighted by Crippen LogP contribution is -2.61. The molecule has 4 aliphatic carbocycles. The van der Waals surface area contributed by atoms with Crippen molar-refractivity contribution in [1.29, 1.82) is 0 Å². The summed E-state index contributed by atoms with van der Waals surface area (Å²) < 4.78 is 28.4. The van der Waals surface area contributed by atoms with Crippen LogP contribution in [0.5, 0.6) is 0 Å². The number of hydrogen-bond donors (Lipinski definition) is 1. The Labute approximate surface area is 191 Å². The fourth-order valence-corrected chi connectivity index (χ4v) is 8.08. The van der Waals surface area contributed by atoms with Crippen LogP contribution in [0, 0.1) is 31.6 Å². The summed E-state index contributed by atoms with van der Waals surface area (Å²) in [4.78, 5) is 13.5. The van der Waals surface area contributed by atoms with Crippen molar-refractivity contribution in [1.82, 2.24) is 5.32 Å². The molecule has 170 valence electrons. The Hall–Kier alpha value is -2.34. The molecular formula is C26H32N2O3S. The van der Waals surface area contributed by atoms with Crippen molar-refractivity contribution in [2.75, 3.05) is 10.8 Å². The van der Waals surface area contributed by atoms with Crippen molar-refractivity contribution in [2.24, 2.45) is 17.8 Å². The van der Waals surface area contributed by atoms with Gasteiger partial charge in [0.05, 0.1) is 10.6 Å². The van der Waals surface area contributed by atoms with Gasteiger partial charge < -0.3 is 5.32 Å². The lowest BCUT2D eigenvalue weighted by Gasteiger charge is -2.57. The molecule has 0 atom stereocenters. The second kappa shape index (κ2) is 7.91. The highest BCUT2D eigenvalue weighted by Gasteiger charge is 2.51. The first-order valence-corrected chi connectivity index (χ1v) is 13.1. The average Bonchev–Trinajstić information content (AvgIpc) is 2.73. The van der Waals surface area contributed by atoms with E-state index in [2.05, 4.69) is 5.32 Å². The minimum Gasteiger partial charge on any atom is -0.349 e. The number of carbonyl (C=O) groups is 1. The van der Waals surface area contributed by atoms with Gasteiger partial charge in [-0.1, -0.05) is 24.3 Å². The molecule has 1 amide bonds. The van der Waals surface area contributed by atoms with Gasteiger partial charge in [-0.25, -0.2) is 8.42 Å². The zero-order valence-corrected chi connectivity index (χ0v) is 19.7. The summed E-state index contributed by atoms with van der Waals surface area (Å²) in [5.41, 5.74) is 2.47. The molecule has 5 nitrogen and oxygen atoms in total. The SMILES string of the molecule is Cc1ccc(N(CC(=O)NC23CC4CC(CC(C4)C2)C3)S(=O)(=O)c2ccccc2)cc1C. The number of anilines is 1. The van der Waals surface area contributed by atoms with E-state index < -0.39 is 10.0 Å². The van der Waals surface area contributed by atoms with Gasteiger partial charge in [-0.15, -0.1) is 0 Å². The molecule has 32 heavy (non-hydrogen) atoms. The lowest BCUT2D eigenvalue weighted by molar-refractivity contribution is -0.125. The predicted octanol–water partition coefficient (Wildman–Crippen LogP) is 4.58. The van der Waals surface area contributed by atoms with Gasteiger partial charge in [0.15, 0.2) is 0 Å². The van der Waals surface area contributed by atoms with E-state index in [1.54, 1.807) is 36.4 Å². The zero-order chi connectivity index (χ0) is 22.5. The Morgan fingerprint density at radius 1 is 0.938 bits per heavy atom. The van der Waals surface area contributed by atoms with Crippen molar-refractivity contribution in [3.63, 3.8) is 0 Å². The molecule has 0 spiro atoms. The van der Waals surface area contributed by atoms with E-state index in [4.69, 9.17) is 0 Å². The highest BCUT2D eigenvalue weighted by molar-refractivity contribution is 7.92. The Morgan fingerprint density at radius 2 is 1.53 bits per heavy atom. The summed E-state index contributed by atoms with van der Waals surface area (Å²) in [6.45, 7) is 3.75. The van der Waals surface area contributed by atoms with Crippen molar-refractivity contribution in [3.05, 3.63) is 59.7 Å². The Balaban J connectivity index is 1.43. The first-order valence-electron chi connectivity index (χ1n) is 11.7. The standard InChI is InChI=1S/C26H32N2O3S/c1-18-8-9-23(10-19(18)2)28(32(30,31)24-6-4-3-5-7-24)17-25(29)27-26-14-20-11-21(15-26)13-22(12-20)16-26/h3-10,20-22H,11-17H2,1-2H3,(H,27,29). The van der Waals surface area contributed by atoms with Crippen LogP contribution in [-0.4, -0.2) is 26.4 Å². The maximum absolute atomic E-state index is 13.6. The molecule has 4 saturated carbocycles. The number of aryl methyl sites for hydroxylation is 2. The molecule has 0 heterocycles. The molecule has 4 bridgehead atoms. The summed E-state index contributed by atoms with van der Waals surface area (Å²) >= 11 is 0. The highest BCUT2D eigenvalue weighted by Crippen LogP contribution is 2.55. The number of carbonyl (C=O) groups excluding carboxylic acids is 1. The molecule has 0 aromatic heterocycles. The molecule has 6 rings (SSSR count). The van der Waals surface area contributed by atoms with Crippen LogP contribution < -0.4 is 9.62 Å². The van der Waals surface area contributed by atoms with E-state index in [0.717, 1.165) is 30.4 Å². The van der Waals surface area contributed by atoms with Crippen LogP contribution in [0.3, 0.4) is 0 Å². The van der Waals surface area contributed by atoms with Crippen LogP contribution in [0.2, 0.25) is 0 Å². The highest BCUT2D eigenvalue weighted by atomic mass is 32.2. The number of benzene rings is 2. The Morgan fingerprint density at radius 3 is 2.09 bits per heavy atom. The van der Waals surface area contributed by atoms with Gasteiger partial charge in [-0.2, -0.15) is 0 Å². The van der Waals surface area contributed by atoms with Crippen molar-refractivity contribution in [3.8, 4) is 0 Å². The van der Waals surface area contributed by atoms with Crippen LogP contribution in [0.25, 0.3) is 0 Å². The smallest absolute Gasteiger partial charge is 0.264 e. The second-order valence-electron chi connectivity index (χ2n) is 10.3. The molecule has 0 aliphatic heterocycles. The maximum Gasteiger partial charge on any atom is 0.264 e. The summed E-state index contributed by atoms with van der Waals surface area (Å²) in [5, 5.41) is 3.33. The Bertz CT molecular complexity index is 1090. The summed E-state index contributed by atoms with van der Waals surface area (Å²) in [7, 11) is -3.87. The van der Waals surface area contributed by atoms with Gasteiger partial charge in [0.1, 0.15) is 6.54 Å². The zero-order valence-electron chi connectivity index (χ0n) is 18.9. The molecule has 0 saturated heterocycles. The van der Waals surface area contributed by atoms with Crippen molar-refractivity contribution >= 4 is 21.6 Å². The van der Waals surface area contributed by atoms with E-state index in [1.807, 2.05) is 26.0 Å². The largest absolute Gasteiger partial charge is 0.349 e. The molecule has 6 heteroatoms. The van der Waals surface area contributed by atoms with Crippen LogP contribution >= 0.6 is 0 Å². The lowest BCUT2D eigenvalue weighted by atomic mass is 9.53. The molecule has 0 radical (unpaired) electrons. The minimum absolute atomic E-state index is 0.142. The average molecular weight is 453 g/mol. The molecule has 2 aromatic rings. The molecule has 0 unspecified atom stereocenters. The van der Waals surface area contributed by atoms with Gasteiger partial charge in [0.2, 0.25) is 5.91 Å². The van der Waals surface area contributed by atoms with Crippen LogP contribution in [0.1, 0.15) is 49.7 Å². The number of sulfonamides is 1. The van der Waals surface area contributed by atoms with E-state index in [0.29, 0.717) is 23.4 Å². The van der Waals surface area contributed by atoms with Crippen molar-refractivity contribution in [2.45, 2.75) is 62.8 Å². The molecule has 4 aliphatic rings. The topological polar surface area (TPSA) is 66.5 Å².